The molecular formula is C28H33N9. The molecule has 0 unspecified atom stereocenters. The Hall–Kier alpha value is -4.14. The molecule has 1 fully saturated rings. The van der Waals surface area contributed by atoms with E-state index in [1.807, 2.05) is 30.7 Å². The lowest BCUT2D eigenvalue weighted by Gasteiger charge is -2.03. The van der Waals surface area contributed by atoms with E-state index in [9.17, 15) is 0 Å². The molecule has 37 heavy (non-hydrogen) atoms. The third kappa shape index (κ3) is 5.66. The van der Waals surface area contributed by atoms with Crippen molar-refractivity contribution in [3.8, 4) is 0 Å². The zero-order valence-corrected chi connectivity index (χ0v) is 21.7. The highest BCUT2D eigenvalue weighted by Crippen LogP contribution is 2.41. The van der Waals surface area contributed by atoms with E-state index in [0.29, 0.717) is 17.8 Å². The van der Waals surface area contributed by atoms with E-state index in [1.54, 1.807) is 19.0 Å². The van der Waals surface area contributed by atoms with Gasteiger partial charge in [0.25, 0.3) is 0 Å². The minimum atomic E-state index is 0.450. The number of aromatic nitrogens is 9. The second kappa shape index (κ2) is 10.9. The quantitative estimate of drug-likeness (QED) is 0.272. The highest BCUT2D eigenvalue weighted by molar-refractivity contribution is 5.79. The maximum absolute atomic E-state index is 4.31. The van der Waals surface area contributed by atoms with Crippen molar-refractivity contribution in [2.45, 2.75) is 58.8 Å². The van der Waals surface area contributed by atoms with Gasteiger partial charge in [-0.1, -0.05) is 27.7 Å². The Bertz CT molecular complexity index is 1520. The zero-order chi connectivity index (χ0) is 25.8. The summed E-state index contributed by atoms with van der Waals surface area (Å²) < 4.78 is 0. The number of nitrogens with one attached hydrogen (secondary N) is 3. The Labute approximate surface area is 215 Å². The number of rotatable bonds is 4. The van der Waals surface area contributed by atoms with Crippen LogP contribution < -0.4 is 0 Å². The summed E-state index contributed by atoms with van der Waals surface area (Å²) in [4.78, 5) is 34.5. The minimum absolute atomic E-state index is 0.450. The van der Waals surface area contributed by atoms with Gasteiger partial charge in [0.15, 0.2) is 0 Å². The molecule has 190 valence electrons. The Kier molecular flexibility index (Phi) is 7.20. The van der Waals surface area contributed by atoms with Crippen molar-refractivity contribution in [3.05, 3.63) is 72.9 Å². The Morgan fingerprint density at radius 3 is 1.84 bits per heavy atom. The molecule has 0 spiro atoms. The summed E-state index contributed by atoms with van der Waals surface area (Å²) in [6, 6.07) is 6.11. The fraction of sp³-hybridized carbons (Fsp3) is 0.357. The molecule has 1 saturated carbocycles. The van der Waals surface area contributed by atoms with Crippen LogP contribution in [0.2, 0.25) is 0 Å². The molecule has 0 bridgehead atoms. The minimum Gasteiger partial charge on any atom is -0.346 e. The Morgan fingerprint density at radius 2 is 1.22 bits per heavy atom. The number of nitrogens with zero attached hydrogens (tertiary/aromatic N) is 6. The van der Waals surface area contributed by atoms with E-state index < -0.39 is 0 Å². The van der Waals surface area contributed by atoms with Gasteiger partial charge < -0.3 is 15.0 Å². The maximum atomic E-state index is 4.31. The SMILES string of the molecule is CC(C)Cc1ncnc2[nH]ccc12.CC(C)c1ncnc2[nH]ccc12.c1nc(C2CC2)c2cc[nH]c2n1. The van der Waals surface area contributed by atoms with Gasteiger partial charge in [0, 0.05) is 40.7 Å². The lowest BCUT2D eigenvalue weighted by Crippen LogP contribution is -1.98. The van der Waals surface area contributed by atoms with E-state index in [0.717, 1.165) is 45.5 Å². The van der Waals surface area contributed by atoms with Crippen LogP contribution in [-0.2, 0) is 6.42 Å². The predicted octanol–water partition coefficient (Wildman–Crippen LogP) is 6.07. The Morgan fingerprint density at radius 1 is 0.676 bits per heavy atom. The van der Waals surface area contributed by atoms with Crippen LogP contribution in [0, 0.1) is 5.92 Å². The monoisotopic (exact) mass is 495 g/mol. The van der Waals surface area contributed by atoms with Crippen LogP contribution in [0.1, 0.15) is 69.5 Å². The second-order valence-electron chi connectivity index (χ2n) is 10.1. The molecule has 3 N–H and O–H groups in total. The highest BCUT2D eigenvalue weighted by Gasteiger charge is 2.27. The largest absolute Gasteiger partial charge is 0.346 e. The molecule has 1 aliphatic carbocycles. The molecule has 0 aromatic carbocycles. The summed E-state index contributed by atoms with van der Waals surface area (Å²) in [7, 11) is 0. The van der Waals surface area contributed by atoms with Gasteiger partial charge in [-0.15, -0.1) is 0 Å². The molecule has 6 aromatic heterocycles. The van der Waals surface area contributed by atoms with Gasteiger partial charge in [-0.2, -0.15) is 0 Å². The summed E-state index contributed by atoms with van der Waals surface area (Å²) in [5.74, 6) is 1.78. The molecule has 6 heterocycles. The van der Waals surface area contributed by atoms with Gasteiger partial charge in [-0.05, 0) is 49.3 Å². The standard InChI is InChI=1S/C10H13N3.C9H9N3.C9H11N3/c1-7(2)5-9-8-3-4-11-10(8)13-6-12-9;1-2-6(1)8-7-3-4-10-9(7)12-5-11-8;1-6(2)8-7-3-4-10-9(7)12-5-11-8/h3-4,6-7H,5H2,1-2H3,(H,11,12,13);3-6H,1-2H2,(H,10,11,12);3-6H,1-2H3,(H,10,11,12). The molecule has 0 saturated heterocycles. The molecule has 9 nitrogen and oxygen atoms in total. The normalized spacial score (nSPS) is 13.1. The van der Waals surface area contributed by atoms with Gasteiger partial charge in [0.2, 0.25) is 0 Å². The summed E-state index contributed by atoms with van der Waals surface area (Å²) in [6.07, 6.45) is 14.2. The summed E-state index contributed by atoms with van der Waals surface area (Å²) in [5.41, 5.74) is 6.30. The lowest BCUT2D eigenvalue weighted by atomic mass is 10.1. The molecule has 7 rings (SSSR count). The van der Waals surface area contributed by atoms with Gasteiger partial charge >= 0.3 is 0 Å². The van der Waals surface area contributed by atoms with E-state index in [2.05, 4.69) is 78.6 Å². The summed E-state index contributed by atoms with van der Waals surface area (Å²) in [5, 5.41) is 3.48. The second-order valence-corrected chi connectivity index (χ2v) is 10.1. The topological polar surface area (TPSA) is 125 Å². The van der Waals surface area contributed by atoms with Crippen molar-refractivity contribution in [2.24, 2.45) is 5.92 Å². The van der Waals surface area contributed by atoms with Crippen molar-refractivity contribution in [2.75, 3.05) is 0 Å². The third-order valence-corrected chi connectivity index (χ3v) is 6.32. The van der Waals surface area contributed by atoms with Crippen molar-refractivity contribution in [1.82, 2.24) is 44.9 Å². The van der Waals surface area contributed by atoms with Crippen LogP contribution in [0.3, 0.4) is 0 Å². The van der Waals surface area contributed by atoms with Crippen LogP contribution in [0.15, 0.2) is 55.8 Å². The van der Waals surface area contributed by atoms with E-state index >= 15 is 0 Å². The number of hydrogen-bond acceptors (Lipinski definition) is 6. The van der Waals surface area contributed by atoms with Gasteiger partial charge in [0.05, 0.1) is 17.1 Å². The Balaban J connectivity index is 0.000000114. The first-order valence-corrected chi connectivity index (χ1v) is 12.8. The van der Waals surface area contributed by atoms with Gasteiger partial charge in [-0.3, -0.25) is 0 Å². The maximum Gasteiger partial charge on any atom is 0.140 e. The van der Waals surface area contributed by atoms with E-state index in [1.165, 1.54) is 23.9 Å². The van der Waals surface area contributed by atoms with Crippen LogP contribution in [0.4, 0.5) is 0 Å². The first-order valence-electron chi connectivity index (χ1n) is 12.8. The number of fused-ring (bicyclic) bond motifs is 3. The van der Waals surface area contributed by atoms with E-state index in [4.69, 9.17) is 0 Å². The van der Waals surface area contributed by atoms with Crippen LogP contribution >= 0.6 is 0 Å². The third-order valence-electron chi connectivity index (χ3n) is 6.32. The molecule has 0 atom stereocenters. The molecule has 1 aliphatic rings. The molecular weight excluding hydrogens is 462 g/mol. The molecule has 0 radical (unpaired) electrons. The fourth-order valence-electron chi connectivity index (χ4n) is 4.40. The molecule has 9 heteroatoms. The van der Waals surface area contributed by atoms with Crippen molar-refractivity contribution < 1.29 is 0 Å². The lowest BCUT2D eigenvalue weighted by molar-refractivity contribution is 0.638. The average Bonchev–Trinajstić information content (AvgIpc) is 3.27. The molecule has 6 aromatic rings. The van der Waals surface area contributed by atoms with Crippen LogP contribution in [0.5, 0.6) is 0 Å². The average molecular weight is 496 g/mol. The van der Waals surface area contributed by atoms with Crippen LogP contribution in [-0.4, -0.2) is 44.9 Å². The predicted molar refractivity (Wildman–Crippen MR) is 146 cm³/mol. The number of hydrogen-bond donors (Lipinski definition) is 3. The van der Waals surface area contributed by atoms with Crippen molar-refractivity contribution in [1.29, 1.82) is 0 Å². The van der Waals surface area contributed by atoms with Gasteiger partial charge in [-0.25, -0.2) is 29.9 Å². The number of H-pyrrole nitrogens is 3. The molecule has 0 aliphatic heterocycles. The van der Waals surface area contributed by atoms with Crippen molar-refractivity contribution in [3.63, 3.8) is 0 Å². The summed E-state index contributed by atoms with van der Waals surface area (Å²) in [6.45, 7) is 8.66. The fourth-order valence-corrected chi connectivity index (χ4v) is 4.40. The van der Waals surface area contributed by atoms with Crippen LogP contribution in [0.25, 0.3) is 33.1 Å². The molecule has 0 amide bonds. The van der Waals surface area contributed by atoms with Crippen molar-refractivity contribution >= 4 is 33.1 Å². The first kappa shape index (κ1) is 24.5. The van der Waals surface area contributed by atoms with E-state index in [-0.39, 0.29) is 0 Å². The summed E-state index contributed by atoms with van der Waals surface area (Å²) >= 11 is 0. The first-order chi connectivity index (χ1) is 18.0. The zero-order valence-electron chi connectivity index (χ0n) is 21.7. The highest BCUT2D eigenvalue weighted by atomic mass is 14.9. The van der Waals surface area contributed by atoms with Gasteiger partial charge in [0.1, 0.15) is 35.9 Å². The number of aromatic amines is 3. The smallest absolute Gasteiger partial charge is 0.140 e.